The van der Waals surface area contributed by atoms with Gasteiger partial charge in [0.1, 0.15) is 5.82 Å². The van der Waals surface area contributed by atoms with Crippen molar-refractivity contribution in [3.8, 4) is 11.4 Å². The van der Waals surface area contributed by atoms with Crippen molar-refractivity contribution < 1.29 is 4.39 Å². The molecule has 1 heterocycles. The first-order valence-corrected chi connectivity index (χ1v) is 8.38. The zero-order chi connectivity index (χ0) is 16.4. The van der Waals surface area contributed by atoms with Gasteiger partial charge in [-0.2, -0.15) is 0 Å². The molecule has 0 N–H and O–H groups in total. The lowest BCUT2D eigenvalue weighted by Gasteiger charge is -2.11. The molecule has 2 aromatic carbocycles. The maximum atomic E-state index is 13.0. The van der Waals surface area contributed by atoms with Crippen LogP contribution in [0.5, 0.6) is 0 Å². The van der Waals surface area contributed by atoms with Crippen LogP contribution in [0.1, 0.15) is 17.7 Å². The smallest absolute Gasteiger partial charge is 0.191 e. The van der Waals surface area contributed by atoms with Crippen LogP contribution < -0.4 is 0 Å². The zero-order valence-electron chi connectivity index (χ0n) is 12.7. The third-order valence-corrected chi connectivity index (χ3v) is 5.09. The molecule has 3 aromatic rings. The first kappa shape index (κ1) is 16.0. The highest BCUT2D eigenvalue weighted by Crippen LogP contribution is 2.35. The van der Waals surface area contributed by atoms with E-state index in [9.17, 15) is 4.39 Å². The first-order valence-electron chi connectivity index (χ1n) is 7.12. The van der Waals surface area contributed by atoms with Crippen molar-refractivity contribution in [3.63, 3.8) is 0 Å². The molecule has 3 rings (SSSR count). The molecule has 0 bridgehead atoms. The number of rotatable bonds is 4. The summed E-state index contributed by atoms with van der Waals surface area (Å²) in [6.07, 6.45) is 0. The predicted octanol–water partition coefficient (Wildman–Crippen LogP) is 5.13. The number of nitrogens with zero attached hydrogens (tertiary/aromatic N) is 3. The van der Waals surface area contributed by atoms with Crippen molar-refractivity contribution in [1.29, 1.82) is 0 Å². The molecule has 0 saturated heterocycles. The molecule has 23 heavy (non-hydrogen) atoms. The van der Waals surface area contributed by atoms with Crippen LogP contribution in [0.4, 0.5) is 4.39 Å². The normalized spacial score (nSPS) is 12.3. The minimum absolute atomic E-state index is 0.137. The van der Waals surface area contributed by atoms with Crippen molar-refractivity contribution in [2.75, 3.05) is 0 Å². The summed E-state index contributed by atoms with van der Waals surface area (Å²) in [5.74, 6) is 0.495. The molecular formula is C17H15ClFN3S. The molecule has 0 spiro atoms. The standard InChI is InChI=1S/C17H15ClFN3S/c1-11(12-7-9-13(19)10-8-12)23-17-21-20-16(22(17)2)14-5-3-4-6-15(14)18/h3-11H,1-2H3. The second-order valence-corrected chi connectivity index (χ2v) is 6.87. The Labute approximate surface area is 143 Å². The average molecular weight is 348 g/mol. The Balaban J connectivity index is 1.85. The highest BCUT2D eigenvalue weighted by Gasteiger charge is 2.16. The lowest BCUT2D eigenvalue weighted by atomic mass is 10.2. The number of halogens is 2. The van der Waals surface area contributed by atoms with Crippen molar-refractivity contribution in [1.82, 2.24) is 14.8 Å². The number of hydrogen-bond acceptors (Lipinski definition) is 3. The Kier molecular flexibility index (Phi) is 4.68. The van der Waals surface area contributed by atoms with Gasteiger partial charge in [-0.05, 0) is 36.8 Å². The van der Waals surface area contributed by atoms with Gasteiger partial charge in [-0.1, -0.05) is 47.6 Å². The van der Waals surface area contributed by atoms with E-state index in [1.165, 1.54) is 12.1 Å². The SMILES string of the molecule is CC(Sc1nnc(-c2ccccc2Cl)n1C)c1ccc(F)cc1. The summed E-state index contributed by atoms with van der Waals surface area (Å²) in [4.78, 5) is 0. The van der Waals surface area contributed by atoms with E-state index >= 15 is 0 Å². The molecule has 118 valence electrons. The van der Waals surface area contributed by atoms with Crippen LogP contribution in [-0.4, -0.2) is 14.8 Å². The summed E-state index contributed by atoms with van der Waals surface area (Å²) < 4.78 is 14.9. The highest BCUT2D eigenvalue weighted by molar-refractivity contribution is 7.99. The van der Waals surface area contributed by atoms with Gasteiger partial charge in [0, 0.05) is 17.9 Å². The second kappa shape index (κ2) is 6.72. The maximum absolute atomic E-state index is 13.0. The summed E-state index contributed by atoms with van der Waals surface area (Å²) >= 11 is 7.81. The quantitative estimate of drug-likeness (QED) is 0.613. The Morgan fingerprint density at radius 1 is 1.09 bits per heavy atom. The first-order chi connectivity index (χ1) is 11.1. The van der Waals surface area contributed by atoms with Gasteiger partial charge in [-0.3, -0.25) is 0 Å². The molecule has 3 nitrogen and oxygen atoms in total. The van der Waals surface area contributed by atoms with Crippen molar-refractivity contribution >= 4 is 23.4 Å². The monoisotopic (exact) mass is 347 g/mol. The molecule has 1 atom stereocenters. The molecule has 0 aliphatic carbocycles. The molecule has 0 aliphatic heterocycles. The van der Waals surface area contributed by atoms with E-state index in [0.29, 0.717) is 5.02 Å². The summed E-state index contributed by atoms with van der Waals surface area (Å²) in [6.45, 7) is 2.06. The number of aromatic nitrogens is 3. The van der Waals surface area contributed by atoms with Gasteiger partial charge < -0.3 is 4.57 Å². The van der Waals surface area contributed by atoms with Crippen LogP contribution in [0.2, 0.25) is 5.02 Å². The summed E-state index contributed by atoms with van der Waals surface area (Å²) in [7, 11) is 1.92. The third-order valence-electron chi connectivity index (χ3n) is 3.57. The number of hydrogen-bond donors (Lipinski definition) is 0. The van der Waals surface area contributed by atoms with Gasteiger partial charge in [0.15, 0.2) is 11.0 Å². The highest BCUT2D eigenvalue weighted by atomic mass is 35.5. The fourth-order valence-electron chi connectivity index (χ4n) is 2.25. The Morgan fingerprint density at radius 2 is 1.78 bits per heavy atom. The molecule has 0 aliphatic rings. The van der Waals surface area contributed by atoms with Crippen LogP contribution >= 0.6 is 23.4 Å². The summed E-state index contributed by atoms with van der Waals surface area (Å²) in [5, 5.41) is 10.1. The van der Waals surface area contributed by atoms with Crippen LogP contribution in [-0.2, 0) is 7.05 Å². The van der Waals surface area contributed by atoms with E-state index in [1.54, 1.807) is 23.9 Å². The largest absolute Gasteiger partial charge is 0.305 e. The number of benzene rings is 2. The molecule has 0 amide bonds. The van der Waals surface area contributed by atoms with Crippen molar-refractivity contribution in [2.45, 2.75) is 17.3 Å². The Hall–Kier alpha value is -1.85. The van der Waals surface area contributed by atoms with Gasteiger partial charge in [0.2, 0.25) is 0 Å². The molecule has 0 saturated carbocycles. The van der Waals surface area contributed by atoms with E-state index in [4.69, 9.17) is 11.6 Å². The molecule has 0 fully saturated rings. The topological polar surface area (TPSA) is 30.7 Å². The maximum Gasteiger partial charge on any atom is 0.191 e. The minimum atomic E-state index is -0.231. The molecule has 6 heteroatoms. The van der Waals surface area contributed by atoms with Gasteiger partial charge in [0.25, 0.3) is 0 Å². The van der Waals surface area contributed by atoms with E-state index in [1.807, 2.05) is 35.9 Å². The van der Waals surface area contributed by atoms with E-state index in [2.05, 4.69) is 17.1 Å². The molecule has 0 radical (unpaired) electrons. The van der Waals surface area contributed by atoms with E-state index in [0.717, 1.165) is 22.1 Å². The van der Waals surface area contributed by atoms with Crippen LogP contribution in [0, 0.1) is 5.82 Å². The molecule has 1 aromatic heterocycles. The minimum Gasteiger partial charge on any atom is -0.305 e. The van der Waals surface area contributed by atoms with Crippen LogP contribution in [0.3, 0.4) is 0 Å². The van der Waals surface area contributed by atoms with Gasteiger partial charge in [-0.15, -0.1) is 10.2 Å². The summed E-state index contributed by atoms with van der Waals surface area (Å²) in [5.41, 5.74) is 1.89. The molecule has 1 unspecified atom stereocenters. The van der Waals surface area contributed by atoms with Crippen LogP contribution in [0.25, 0.3) is 11.4 Å². The third kappa shape index (κ3) is 3.41. The van der Waals surface area contributed by atoms with Gasteiger partial charge >= 0.3 is 0 Å². The summed E-state index contributed by atoms with van der Waals surface area (Å²) in [6, 6.07) is 14.1. The van der Waals surface area contributed by atoms with Gasteiger partial charge in [-0.25, -0.2) is 4.39 Å². The fraction of sp³-hybridized carbons (Fsp3) is 0.176. The van der Waals surface area contributed by atoms with Crippen molar-refractivity contribution in [2.24, 2.45) is 7.05 Å². The van der Waals surface area contributed by atoms with Crippen LogP contribution in [0.15, 0.2) is 53.7 Å². The van der Waals surface area contributed by atoms with Gasteiger partial charge in [0.05, 0.1) is 5.02 Å². The Morgan fingerprint density at radius 3 is 2.48 bits per heavy atom. The number of thioether (sulfide) groups is 1. The predicted molar refractivity (Wildman–Crippen MR) is 92.1 cm³/mol. The lowest BCUT2D eigenvalue weighted by molar-refractivity contribution is 0.627. The zero-order valence-corrected chi connectivity index (χ0v) is 14.3. The van der Waals surface area contributed by atoms with E-state index in [-0.39, 0.29) is 11.1 Å². The lowest BCUT2D eigenvalue weighted by Crippen LogP contribution is -1.97. The average Bonchev–Trinajstić information content (AvgIpc) is 2.89. The van der Waals surface area contributed by atoms with Crippen molar-refractivity contribution in [3.05, 3.63) is 64.9 Å². The fourth-order valence-corrected chi connectivity index (χ4v) is 3.42. The second-order valence-electron chi connectivity index (χ2n) is 5.16. The Bertz CT molecular complexity index is 817. The molecular weight excluding hydrogens is 333 g/mol. The van der Waals surface area contributed by atoms with E-state index < -0.39 is 0 Å².